The summed E-state index contributed by atoms with van der Waals surface area (Å²) in [7, 11) is 2.21. The molecule has 4 rings (SSSR count). The number of ether oxygens (including phenoxy) is 2. The molecule has 2 aliphatic rings. The number of carbonyl (C=O) groups excluding carboxylic acids is 1. The zero-order chi connectivity index (χ0) is 28.5. The number of hydrogen-bond donors (Lipinski definition) is 1. The normalized spacial score (nSPS) is 17.8. The molecule has 0 bridgehead atoms. The fourth-order valence-corrected chi connectivity index (χ4v) is 4.65. The Bertz CT molecular complexity index is 951. The molecule has 0 amide bonds. The van der Waals surface area contributed by atoms with Crippen LogP contribution in [0.2, 0.25) is 0 Å². The van der Waals surface area contributed by atoms with Gasteiger partial charge in [0.1, 0.15) is 12.5 Å². The Kier molecular flexibility index (Phi) is 15.6. The quantitative estimate of drug-likeness (QED) is 0.312. The number of nitrogens with zero attached hydrogens (tertiary/aromatic N) is 3. The first-order valence-corrected chi connectivity index (χ1v) is 15.0. The summed E-state index contributed by atoms with van der Waals surface area (Å²) in [6.07, 6.45) is 13.9. The highest BCUT2D eigenvalue weighted by Gasteiger charge is 2.33. The van der Waals surface area contributed by atoms with Gasteiger partial charge >= 0.3 is 5.30 Å². The van der Waals surface area contributed by atoms with Gasteiger partial charge < -0.3 is 28.7 Å². The minimum absolute atomic E-state index is 0.291. The molecule has 39 heavy (non-hydrogen) atoms. The summed E-state index contributed by atoms with van der Waals surface area (Å²) >= 11 is 0.796. The third-order valence-corrected chi connectivity index (χ3v) is 7.19. The average Bonchev–Trinajstić information content (AvgIpc) is 3.71. The monoisotopic (exact) mass is 563 g/mol. The summed E-state index contributed by atoms with van der Waals surface area (Å²) in [6.45, 7) is 8.68. The molecule has 2 aliphatic heterocycles. The van der Waals surface area contributed by atoms with Gasteiger partial charge in [0, 0.05) is 19.0 Å². The number of benzene rings is 1. The number of oxazole rings is 1. The first-order valence-electron chi connectivity index (χ1n) is 13.8. The first-order chi connectivity index (χ1) is 18.9. The van der Waals surface area contributed by atoms with Gasteiger partial charge in [-0.2, -0.15) is 0 Å². The molecule has 2 unspecified atom stereocenters. The molecule has 0 spiro atoms. The number of likely N-dealkylation sites (tertiary alicyclic amines) is 1. The third kappa shape index (κ3) is 12.0. The number of aldehydes is 1. The summed E-state index contributed by atoms with van der Waals surface area (Å²) in [5.74, 6) is 2.78. The highest BCUT2D eigenvalue weighted by atomic mass is 32.2. The van der Waals surface area contributed by atoms with Gasteiger partial charge in [-0.15, -0.1) is 0 Å². The van der Waals surface area contributed by atoms with Crippen molar-refractivity contribution in [2.45, 2.75) is 70.8 Å². The molecule has 9 nitrogen and oxygen atoms in total. The van der Waals surface area contributed by atoms with Gasteiger partial charge in [0.05, 0.1) is 12.7 Å². The van der Waals surface area contributed by atoms with Crippen molar-refractivity contribution in [2.24, 2.45) is 0 Å². The Labute approximate surface area is 237 Å². The molecule has 3 heterocycles. The van der Waals surface area contributed by atoms with Gasteiger partial charge in [-0.1, -0.05) is 32.8 Å². The van der Waals surface area contributed by atoms with Crippen molar-refractivity contribution in [3.05, 3.63) is 42.1 Å². The second-order valence-corrected chi connectivity index (χ2v) is 10.5. The van der Waals surface area contributed by atoms with E-state index < -0.39 is 5.30 Å². The van der Waals surface area contributed by atoms with E-state index in [-0.39, 0.29) is 0 Å². The molecule has 0 saturated carbocycles. The summed E-state index contributed by atoms with van der Waals surface area (Å²) in [5, 5.41) is 6.86. The van der Waals surface area contributed by atoms with Crippen molar-refractivity contribution in [1.29, 1.82) is 0 Å². The number of rotatable bonds is 12. The highest BCUT2D eigenvalue weighted by Crippen LogP contribution is 2.39. The average molecular weight is 564 g/mol. The number of carboxylic acid groups (broad SMARTS) is 1. The lowest BCUT2D eigenvalue weighted by Crippen LogP contribution is -2.31. The summed E-state index contributed by atoms with van der Waals surface area (Å²) in [4.78, 5) is 29.2. The molecular weight excluding hydrogens is 518 g/mol. The van der Waals surface area contributed by atoms with E-state index in [1.165, 1.54) is 50.6 Å². The van der Waals surface area contributed by atoms with Gasteiger partial charge in [-0.3, -0.25) is 4.90 Å². The lowest BCUT2D eigenvalue weighted by molar-refractivity contribution is -0.109. The zero-order valence-electron chi connectivity index (χ0n) is 23.8. The molecule has 10 heteroatoms. The summed E-state index contributed by atoms with van der Waals surface area (Å²) in [5.41, 5.74) is 1.24. The van der Waals surface area contributed by atoms with Crippen LogP contribution in [0.1, 0.15) is 69.7 Å². The van der Waals surface area contributed by atoms with E-state index in [2.05, 4.69) is 47.8 Å². The molecule has 2 atom stereocenters. The smallest absolute Gasteiger partial charge is 0.364 e. The highest BCUT2D eigenvalue weighted by molar-refractivity contribution is 8.12. The van der Waals surface area contributed by atoms with E-state index in [0.717, 1.165) is 61.2 Å². The Morgan fingerprint density at radius 1 is 1.21 bits per heavy atom. The largest absolute Gasteiger partial charge is 0.473 e. The van der Waals surface area contributed by atoms with Crippen molar-refractivity contribution in [3.8, 4) is 11.5 Å². The summed E-state index contributed by atoms with van der Waals surface area (Å²) in [6, 6.07) is 6.51. The molecule has 1 N–H and O–H groups in total. The second kappa shape index (κ2) is 18.7. The lowest BCUT2D eigenvalue weighted by Gasteiger charge is -2.21. The van der Waals surface area contributed by atoms with Crippen LogP contribution in [0.3, 0.4) is 0 Å². The van der Waals surface area contributed by atoms with Gasteiger partial charge in [0.15, 0.2) is 17.4 Å². The van der Waals surface area contributed by atoms with Crippen LogP contribution in [0.25, 0.3) is 0 Å². The maximum atomic E-state index is 11.0. The Morgan fingerprint density at radius 2 is 1.90 bits per heavy atom. The zero-order valence-corrected chi connectivity index (χ0v) is 24.7. The van der Waals surface area contributed by atoms with Crippen LogP contribution in [0.5, 0.6) is 11.5 Å². The van der Waals surface area contributed by atoms with Crippen LogP contribution < -0.4 is 9.47 Å². The van der Waals surface area contributed by atoms with E-state index in [0.29, 0.717) is 25.3 Å². The fourth-order valence-electron chi connectivity index (χ4n) is 4.65. The van der Waals surface area contributed by atoms with Crippen molar-refractivity contribution < 1.29 is 28.6 Å². The van der Waals surface area contributed by atoms with Crippen LogP contribution in [-0.4, -0.2) is 83.8 Å². The number of thioether (sulfide) groups is 1. The third-order valence-electron chi connectivity index (χ3n) is 6.84. The summed E-state index contributed by atoms with van der Waals surface area (Å²) < 4.78 is 16.2. The lowest BCUT2D eigenvalue weighted by atomic mass is 9.94. The van der Waals surface area contributed by atoms with Crippen LogP contribution in [0.4, 0.5) is 4.79 Å². The standard InChI is InChI=1S/C18H20N2O4.C9H21N.C2H4O2S/c21-7-6-20-11-14(9-15(20)2-4-18-19-5-8-22-18)13-1-3-16-17(10-13)24-12-23-16;1-4-6-8-10(3)9-7-5-2;1-5-2(3)4/h1,3,5,7-8,10,14-15H,2,4,6,9,11-12H2;4-9H2,1-3H3;1H3,(H,3,4). The Balaban J connectivity index is 0.000000297. The minimum atomic E-state index is -0.829. The number of carbonyl (C=O) groups is 2. The van der Waals surface area contributed by atoms with Gasteiger partial charge in [-0.05, 0) is 87.5 Å². The van der Waals surface area contributed by atoms with Gasteiger partial charge in [0.2, 0.25) is 6.79 Å². The topological polar surface area (TPSA) is 105 Å². The molecule has 0 radical (unpaired) electrons. The number of fused-ring (bicyclic) bond motifs is 1. The van der Waals surface area contributed by atoms with Crippen LogP contribution >= 0.6 is 11.8 Å². The fraction of sp³-hybridized carbons (Fsp3) is 0.621. The number of aromatic nitrogens is 1. The minimum Gasteiger partial charge on any atom is -0.473 e. The number of hydrogen-bond acceptors (Lipinski definition) is 9. The number of unbranched alkanes of at least 4 members (excludes halogenated alkanes) is 2. The van der Waals surface area contributed by atoms with Crippen molar-refractivity contribution in [1.82, 2.24) is 14.8 Å². The molecule has 0 aliphatic carbocycles. The Hall–Kier alpha value is -2.56. The van der Waals surface area contributed by atoms with E-state index in [1.54, 1.807) is 12.5 Å². The van der Waals surface area contributed by atoms with E-state index in [1.807, 2.05) is 6.07 Å². The van der Waals surface area contributed by atoms with Crippen molar-refractivity contribution >= 4 is 23.3 Å². The molecule has 218 valence electrons. The molecule has 1 saturated heterocycles. The molecule has 2 aromatic rings. The number of aryl methyl sites for hydroxylation is 1. The molecule has 1 fully saturated rings. The van der Waals surface area contributed by atoms with E-state index >= 15 is 0 Å². The first kappa shape index (κ1) is 32.7. The molecular formula is C29H45N3O6S. The van der Waals surface area contributed by atoms with Crippen molar-refractivity contribution in [3.63, 3.8) is 0 Å². The van der Waals surface area contributed by atoms with E-state index in [9.17, 15) is 9.59 Å². The van der Waals surface area contributed by atoms with E-state index in [4.69, 9.17) is 19.0 Å². The van der Waals surface area contributed by atoms with Crippen molar-refractivity contribution in [2.75, 3.05) is 46.3 Å². The predicted molar refractivity (Wildman–Crippen MR) is 155 cm³/mol. The predicted octanol–water partition coefficient (Wildman–Crippen LogP) is 5.94. The van der Waals surface area contributed by atoms with Crippen LogP contribution in [-0.2, 0) is 11.2 Å². The maximum Gasteiger partial charge on any atom is 0.364 e. The molecule has 1 aromatic carbocycles. The van der Waals surface area contributed by atoms with Gasteiger partial charge in [0.25, 0.3) is 0 Å². The van der Waals surface area contributed by atoms with Gasteiger partial charge in [-0.25, -0.2) is 9.78 Å². The van der Waals surface area contributed by atoms with Crippen LogP contribution in [0, 0.1) is 0 Å². The SMILES string of the molecule is CCCCN(C)CCCC.CSC(=O)O.O=CCN1CC(c2ccc3c(c2)OCO3)CC1CCc1ncco1. The Morgan fingerprint density at radius 3 is 2.49 bits per heavy atom. The maximum absolute atomic E-state index is 11.0. The molecule has 1 aromatic heterocycles. The van der Waals surface area contributed by atoms with Crippen LogP contribution in [0.15, 0.2) is 35.1 Å². The second-order valence-electron chi connectivity index (χ2n) is 9.76.